The lowest BCUT2D eigenvalue weighted by molar-refractivity contribution is 0.607. The van der Waals surface area contributed by atoms with Crippen molar-refractivity contribution in [3.05, 3.63) is 47.3 Å². The second-order valence-electron chi connectivity index (χ2n) is 3.70. The molecule has 0 radical (unpaired) electrons. The molecule has 1 unspecified atom stereocenters. The Balaban J connectivity index is 1.94. The summed E-state index contributed by atoms with van der Waals surface area (Å²) in [6, 6.07) is 0.631. The number of rotatable bonds is 2. The Labute approximate surface area is 101 Å². The van der Waals surface area contributed by atoms with Crippen LogP contribution in [0.5, 0.6) is 0 Å². The Morgan fingerprint density at radius 3 is 3.12 bits per heavy atom. The molecule has 3 heteroatoms. The van der Waals surface area contributed by atoms with Crippen LogP contribution in [-0.2, 0) is 0 Å². The predicted molar refractivity (Wildman–Crippen MR) is 72.8 cm³/mol. The molecular weight excluding hydrogens is 216 g/mol. The summed E-state index contributed by atoms with van der Waals surface area (Å²) < 4.78 is 0. The first-order valence-corrected chi connectivity index (χ1v) is 6.46. The largest absolute Gasteiger partial charge is 0.299 e. The third-order valence-corrected chi connectivity index (χ3v) is 3.07. The van der Waals surface area contributed by atoms with Crippen LogP contribution in [-0.4, -0.2) is 24.8 Å². The molecule has 0 aromatic heterocycles. The van der Waals surface area contributed by atoms with Crippen molar-refractivity contribution in [1.29, 1.82) is 0 Å². The monoisotopic (exact) mass is 232 g/mol. The maximum absolute atomic E-state index is 4.33. The Hall–Kier alpha value is -1.06. The van der Waals surface area contributed by atoms with Gasteiger partial charge in [0, 0.05) is 12.3 Å². The lowest BCUT2D eigenvalue weighted by atomic mass is 10.1. The van der Waals surface area contributed by atoms with Crippen LogP contribution in [0.2, 0.25) is 0 Å². The molecule has 0 saturated heterocycles. The van der Waals surface area contributed by atoms with Crippen molar-refractivity contribution in [2.24, 2.45) is 4.99 Å². The fraction of sp³-hybridized carbons (Fsp3) is 0.308. The number of nitrogens with one attached hydrogen (secondary N) is 1. The molecule has 0 amide bonds. The summed E-state index contributed by atoms with van der Waals surface area (Å²) in [6.45, 7) is 0.777. The molecule has 0 fully saturated rings. The minimum Gasteiger partial charge on any atom is -0.299 e. The molecule has 0 aromatic carbocycles. The first-order chi connectivity index (χ1) is 7.95. The van der Waals surface area contributed by atoms with Crippen molar-refractivity contribution in [3.63, 3.8) is 0 Å². The van der Waals surface area contributed by atoms with Gasteiger partial charge in [0.25, 0.3) is 0 Å². The van der Waals surface area contributed by atoms with Crippen LogP contribution in [0.4, 0.5) is 0 Å². The molecule has 2 heterocycles. The fourth-order valence-corrected chi connectivity index (χ4v) is 2.19. The fourth-order valence-electron chi connectivity index (χ4n) is 1.60. The molecule has 2 nitrogen and oxygen atoms in total. The van der Waals surface area contributed by atoms with Crippen LogP contribution >= 0.6 is 11.8 Å². The van der Waals surface area contributed by atoms with Gasteiger partial charge in [0.2, 0.25) is 0 Å². The normalized spacial score (nSPS) is 32.8. The standard InChI is InChI=1S/C13H16N2S/c1-2-5-13(11-14-8-3-1)15-12-6-4-9-16-10-7-12/h1-5,7,9-13,15H,6,8H2/b3-1-,5-2-,14-11?/t12-,13?/m0/s1. The van der Waals surface area contributed by atoms with E-state index in [2.05, 4.69) is 45.4 Å². The number of thioether (sulfide) groups is 1. The predicted octanol–water partition coefficient (Wildman–Crippen LogP) is 2.67. The van der Waals surface area contributed by atoms with E-state index in [1.807, 2.05) is 18.4 Å². The van der Waals surface area contributed by atoms with Gasteiger partial charge in [-0.25, -0.2) is 0 Å². The van der Waals surface area contributed by atoms with E-state index >= 15 is 0 Å². The van der Waals surface area contributed by atoms with E-state index < -0.39 is 0 Å². The Kier molecular flexibility index (Phi) is 4.65. The number of nitrogens with zero attached hydrogens (tertiary/aromatic N) is 1. The minimum absolute atomic E-state index is 0.232. The zero-order valence-electron chi connectivity index (χ0n) is 9.12. The van der Waals surface area contributed by atoms with Gasteiger partial charge in [0.1, 0.15) is 0 Å². The van der Waals surface area contributed by atoms with Crippen molar-refractivity contribution in [2.45, 2.75) is 18.5 Å². The summed E-state index contributed by atoms with van der Waals surface area (Å²) in [5.74, 6) is 0. The minimum atomic E-state index is 0.232. The second-order valence-corrected chi connectivity index (χ2v) is 4.51. The van der Waals surface area contributed by atoms with Crippen LogP contribution in [0.3, 0.4) is 0 Å². The zero-order chi connectivity index (χ0) is 11.1. The molecule has 2 rings (SSSR count). The van der Waals surface area contributed by atoms with E-state index in [-0.39, 0.29) is 6.04 Å². The second kappa shape index (κ2) is 6.51. The smallest absolute Gasteiger partial charge is 0.0613 e. The summed E-state index contributed by atoms with van der Waals surface area (Å²) in [7, 11) is 0. The van der Waals surface area contributed by atoms with Crippen molar-refractivity contribution in [1.82, 2.24) is 5.32 Å². The van der Waals surface area contributed by atoms with Crippen LogP contribution in [0.15, 0.2) is 52.3 Å². The third-order valence-electron chi connectivity index (χ3n) is 2.40. The molecule has 16 heavy (non-hydrogen) atoms. The molecule has 0 spiro atoms. The maximum Gasteiger partial charge on any atom is 0.0613 e. The van der Waals surface area contributed by atoms with Gasteiger partial charge in [-0.3, -0.25) is 10.3 Å². The number of hydrogen-bond acceptors (Lipinski definition) is 3. The summed E-state index contributed by atoms with van der Waals surface area (Å²) in [6.07, 6.45) is 15.7. The van der Waals surface area contributed by atoms with E-state index in [1.54, 1.807) is 11.8 Å². The van der Waals surface area contributed by atoms with E-state index in [0.29, 0.717) is 6.04 Å². The molecular formula is C13H16N2S. The van der Waals surface area contributed by atoms with Crippen LogP contribution in [0.25, 0.3) is 0 Å². The summed E-state index contributed by atoms with van der Waals surface area (Å²) in [4.78, 5) is 4.33. The number of hydrogen-bond donors (Lipinski definition) is 1. The summed E-state index contributed by atoms with van der Waals surface area (Å²) >= 11 is 1.73. The van der Waals surface area contributed by atoms with Gasteiger partial charge in [-0.05, 0) is 17.2 Å². The van der Waals surface area contributed by atoms with E-state index in [9.17, 15) is 0 Å². The highest BCUT2D eigenvalue weighted by atomic mass is 32.2. The lowest BCUT2D eigenvalue weighted by Crippen LogP contribution is -2.36. The quantitative estimate of drug-likeness (QED) is 0.791. The topological polar surface area (TPSA) is 24.4 Å². The van der Waals surface area contributed by atoms with Crippen LogP contribution in [0.1, 0.15) is 6.42 Å². The number of allylic oxidation sites excluding steroid dienone is 2. The molecule has 2 atom stereocenters. The number of aliphatic imine (C=N–C) groups is 1. The van der Waals surface area contributed by atoms with Crippen molar-refractivity contribution >= 4 is 18.0 Å². The first-order valence-electron chi connectivity index (χ1n) is 5.51. The van der Waals surface area contributed by atoms with Gasteiger partial charge in [0.15, 0.2) is 0 Å². The van der Waals surface area contributed by atoms with Crippen molar-refractivity contribution in [2.75, 3.05) is 6.54 Å². The Morgan fingerprint density at radius 2 is 2.12 bits per heavy atom. The maximum atomic E-state index is 4.33. The average Bonchev–Trinajstić information content (AvgIpc) is 2.50. The molecule has 84 valence electrons. The van der Waals surface area contributed by atoms with E-state index in [0.717, 1.165) is 13.0 Å². The summed E-state index contributed by atoms with van der Waals surface area (Å²) in [5, 5.41) is 7.80. The van der Waals surface area contributed by atoms with Crippen LogP contribution < -0.4 is 5.32 Å². The summed E-state index contributed by atoms with van der Waals surface area (Å²) in [5.41, 5.74) is 0. The van der Waals surface area contributed by atoms with Crippen molar-refractivity contribution in [3.8, 4) is 0 Å². The zero-order valence-corrected chi connectivity index (χ0v) is 9.94. The highest BCUT2D eigenvalue weighted by molar-refractivity contribution is 8.04. The van der Waals surface area contributed by atoms with Gasteiger partial charge in [0.05, 0.1) is 12.6 Å². The molecule has 0 bridgehead atoms. The van der Waals surface area contributed by atoms with Gasteiger partial charge < -0.3 is 0 Å². The SMILES string of the molecule is C1=CSC=C[C@@H](NC2C=NC/C=C\C=C/2)C1. The third kappa shape index (κ3) is 3.83. The highest BCUT2D eigenvalue weighted by Gasteiger charge is 2.08. The Morgan fingerprint density at radius 1 is 1.12 bits per heavy atom. The average molecular weight is 232 g/mol. The van der Waals surface area contributed by atoms with Gasteiger partial charge in [-0.15, -0.1) is 11.8 Å². The molecule has 0 aliphatic carbocycles. The molecule has 2 aliphatic heterocycles. The molecule has 1 N–H and O–H groups in total. The van der Waals surface area contributed by atoms with E-state index in [4.69, 9.17) is 0 Å². The lowest BCUT2D eigenvalue weighted by Gasteiger charge is -2.17. The van der Waals surface area contributed by atoms with Gasteiger partial charge >= 0.3 is 0 Å². The van der Waals surface area contributed by atoms with Crippen molar-refractivity contribution < 1.29 is 0 Å². The molecule has 2 aliphatic rings. The van der Waals surface area contributed by atoms with Gasteiger partial charge in [-0.2, -0.15) is 0 Å². The Bertz CT molecular complexity index is 353. The van der Waals surface area contributed by atoms with E-state index in [1.165, 1.54) is 0 Å². The molecule has 0 saturated carbocycles. The van der Waals surface area contributed by atoms with Crippen LogP contribution in [0, 0.1) is 0 Å². The highest BCUT2D eigenvalue weighted by Crippen LogP contribution is 2.12. The molecule has 0 aromatic rings. The first kappa shape index (κ1) is 11.4. The van der Waals surface area contributed by atoms with Gasteiger partial charge in [-0.1, -0.05) is 36.5 Å².